The van der Waals surface area contributed by atoms with Crippen molar-refractivity contribution >= 4 is 102 Å². The summed E-state index contributed by atoms with van der Waals surface area (Å²) in [5.74, 6) is -1.77. The van der Waals surface area contributed by atoms with Crippen LogP contribution in [-0.2, 0) is 42.8 Å². The number of carbonyl (C=O) groups excluding carboxylic acids is 2. The smallest absolute Gasteiger partial charge is 0.269 e. The molecule has 2 saturated heterocycles. The highest BCUT2D eigenvalue weighted by Gasteiger charge is 2.59. The zero-order valence-corrected chi connectivity index (χ0v) is 32.3. The van der Waals surface area contributed by atoms with Gasteiger partial charge in [0.2, 0.25) is 0 Å². The van der Waals surface area contributed by atoms with Gasteiger partial charge in [0.1, 0.15) is 0 Å². The van der Waals surface area contributed by atoms with E-state index in [1.807, 2.05) is 48.5 Å². The predicted octanol–water partition coefficient (Wildman–Crippen LogP) is 6.44. The molecule has 6 rings (SSSR count). The molecule has 4 aliphatic rings. The van der Waals surface area contributed by atoms with E-state index in [1.165, 1.54) is 8.61 Å². The lowest BCUT2D eigenvalue weighted by molar-refractivity contribution is -0.125. The Morgan fingerprint density at radius 1 is 0.625 bits per heavy atom. The molecule has 0 N–H and O–H groups in total. The van der Waals surface area contributed by atoms with E-state index in [4.69, 9.17) is 69.6 Å². The molecule has 2 fully saturated rings. The van der Waals surface area contributed by atoms with Crippen molar-refractivity contribution in [3.63, 3.8) is 0 Å². The van der Waals surface area contributed by atoms with Gasteiger partial charge in [-0.2, -0.15) is 25.4 Å². The minimum atomic E-state index is -4.18. The summed E-state index contributed by atoms with van der Waals surface area (Å²) in [6, 6.07) is 11.7. The number of rotatable bonds is 4. The average molecular weight is 823 g/mol. The molecule has 4 atom stereocenters. The minimum absolute atomic E-state index is 0.383. The van der Waals surface area contributed by atoms with Gasteiger partial charge in [0.25, 0.3) is 11.8 Å². The Hall–Kier alpha value is -1.32. The molecule has 2 amide bonds. The fraction of sp³-hybridized carbons (Fsp3) is 0.467. The third-order valence-electron chi connectivity index (χ3n) is 8.34. The van der Waals surface area contributed by atoms with Gasteiger partial charge in [-0.3, -0.25) is 9.59 Å². The van der Waals surface area contributed by atoms with Crippen LogP contribution in [0, 0.1) is 0 Å². The molecule has 10 nitrogen and oxygen atoms in total. The molecule has 2 aromatic carbocycles. The minimum Gasteiger partial charge on any atom is -0.269 e. The van der Waals surface area contributed by atoms with Crippen molar-refractivity contribution in [3.8, 4) is 0 Å². The van der Waals surface area contributed by atoms with Crippen molar-refractivity contribution in [2.75, 3.05) is 0 Å². The lowest BCUT2D eigenvalue weighted by Gasteiger charge is -2.25. The van der Waals surface area contributed by atoms with Crippen molar-refractivity contribution in [1.29, 1.82) is 0 Å². The third-order valence-corrected chi connectivity index (χ3v) is 12.6. The van der Waals surface area contributed by atoms with Crippen LogP contribution in [0.5, 0.6) is 0 Å². The molecule has 2 heterocycles. The van der Waals surface area contributed by atoms with Crippen LogP contribution in [0.3, 0.4) is 0 Å². The lowest BCUT2D eigenvalue weighted by atomic mass is 10.1. The quantitative estimate of drug-likeness (QED) is 0.259. The van der Waals surface area contributed by atoms with E-state index < -0.39 is 65.0 Å². The molecule has 18 heteroatoms. The Balaban J connectivity index is 0.000000588. The van der Waals surface area contributed by atoms with Crippen LogP contribution in [-0.4, -0.2) is 78.6 Å². The van der Waals surface area contributed by atoms with Crippen LogP contribution >= 0.6 is 69.6 Å². The molecule has 264 valence electrons. The maximum Gasteiger partial charge on any atom is 0.307 e. The second kappa shape index (κ2) is 15.5. The maximum absolute atomic E-state index is 13.6. The van der Waals surface area contributed by atoms with Gasteiger partial charge in [-0.15, -0.1) is 0 Å². The summed E-state index contributed by atoms with van der Waals surface area (Å²) in [6.07, 6.45) is 2.74. The summed E-state index contributed by atoms with van der Waals surface area (Å²) in [5.41, 5.74) is 3.46. The van der Waals surface area contributed by atoms with Crippen molar-refractivity contribution in [2.24, 2.45) is 0 Å². The number of alkyl halides is 6. The van der Waals surface area contributed by atoms with Gasteiger partial charge in [-0.25, -0.2) is 8.61 Å². The van der Waals surface area contributed by atoms with Gasteiger partial charge in [0.15, 0.2) is 8.59 Å². The second-order valence-electron chi connectivity index (χ2n) is 11.8. The Bertz CT molecular complexity index is 1640. The second-order valence-corrected chi connectivity index (χ2v) is 19.2. The number of halogens is 6. The number of nitrogens with zero attached hydrogens (tertiary/aromatic N) is 4. The SMILES string of the molecule is CC(C)N1[C@@H]2Cc3ccccc3[C@@H]2N(C(=O)/C=C/C(=O)N2[C@@H]3c4ccccc4C[C@@H]3N(C(C)C)S2(=O)=O)S1(=O)=O.ClC(Cl)Cl.ClC(Cl)Cl. The molecule has 2 aromatic rings. The maximum atomic E-state index is 13.6. The Labute approximate surface area is 311 Å². The Morgan fingerprint density at radius 3 is 1.21 bits per heavy atom. The van der Waals surface area contributed by atoms with Crippen molar-refractivity contribution in [3.05, 3.63) is 82.9 Å². The molecule has 0 unspecified atom stereocenters. The van der Waals surface area contributed by atoms with E-state index >= 15 is 0 Å². The summed E-state index contributed by atoms with van der Waals surface area (Å²) < 4.78 is 57.3. The summed E-state index contributed by atoms with van der Waals surface area (Å²) >= 11 is 28.8. The lowest BCUT2D eigenvalue weighted by Crippen LogP contribution is -2.43. The van der Waals surface area contributed by atoms with E-state index in [-0.39, 0.29) is 12.1 Å². The van der Waals surface area contributed by atoms with Crippen LogP contribution in [0.1, 0.15) is 62.0 Å². The molecular formula is C30H34Cl6N4O6S2. The Kier molecular flexibility index (Phi) is 12.8. The van der Waals surface area contributed by atoms with Crippen LogP contribution in [0.15, 0.2) is 60.7 Å². The predicted molar refractivity (Wildman–Crippen MR) is 191 cm³/mol. The van der Waals surface area contributed by atoms with Gasteiger partial charge >= 0.3 is 20.4 Å². The van der Waals surface area contributed by atoms with Gasteiger partial charge in [0.05, 0.1) is 24.2 Å². The van der Waals surface area contributed by atoms with E-state index in [9.17, 15) is 26.4 Å². The van der Waals surface area contributed by atoms with Crippen molar-refractivity contribution < 1.29 is 26.4 Å². The molecule has 0 radical (unpaired) electrons. The number of fused-ring (bicyclic) bond motifs is 6. The van der Waals surface area contributed by atoms with Gasteiger partial charge in [0, 0.05) is 24.2 Å². The van der Waals surface area contributed by atoms with Crippen LogP contribution in [0.4, 0.5) is 0 Å². The fourth-order valence-corrected chi connectivity index (χ4v) is 11.2. The summed E-state index contributed by atoms with van der Waals surface area (Å²) in [6.45, 7) is 7.05. The van der Waals surface area contributed by atoms with E-state index in [1.54, 1.807) is 27.7 Å². The number of benzene rings is 2. The van der Waals surface area contributed by atoms with Crippen LogP contribution in [0.25, 0.3) is 0 Å². The highest BCUT2D eigenvalue weighted by molar-refractivity contribution is 7.88. The fourth-order valence-electron chi connectivity index (χ4n) is 7.05. The number of hydrogen-bond donors (Lipinski definition) is 0. The molecule has 48 heavy (non-hydrogen) atoms. The summed E-state index contributed by atoms with van der Waals surface area (Å²) in [4.78, 5) is 27.1. The first kappa shape index (κ1) is 39.5. The summed E-state index contributed by atoms with van der Waals surface area (Å²) in [5, 5.41) is 0. The highest BCUT2D eigenvalue weighted by Crippen LogP contribution is 2.49. The monoisotopic (exact) mass is 820 g/mol. The standard InChI is InChI=1S/C28H32N4O6S2.2CHCl3/c1-17(2)29-23-15-19-9-5-7-11-21(19)27(23)31(39(29,35)36)25(33)13-14-26(34)32-28-22-12-8-6-10-20(22)16-24(28)30(18(3)4)40(32,37)38;2*2-1(3)4/h5-14,17-18,23-24,27-28H,15-16H2,1-4H3;2*1H/b14-13+;;/t23-,24+,27+,28-;;. The van der Waals surface area contributed by atoms with Crippen molar-refractivity contribution in [2.45, 2.75) is 85.4 Å². The molecule has 2 aliphatic heterocycles. The van der Waals surface area contributed by atoms with E-state index in [0.29, 0.717) is 12.8 Å². The molecule has 0 spiro atoms. The zero-order chi connectivity index (χ0) is 35.9. The first-order chi connectivity index (χ1) is 22.3. The Morgan fingerprint density at radius 2 is 0.917 bits per heavy atom. The molecule has 0 bridgehead atoms. The largest absolute Gasteiger partial charge is 0.307 e. The molecular weight excluding hydrogens is 789 g/mol. The van der Waals surface area contributed by atoms with Crippen molar-refractivity contribution in [1.82, 2.24) is 17.2 Å². The highest BCUT2D eigenvalue weighted by atomic mass is 35.6. The third kappa shape index (κ3) is 7.63. The molecule has 0 aromatic heterocycles. The van der Waals surface area contributed by atoms with E-state index in [2.05, 4.69) is 0 Å². The number of carbonyl (C=O) groups is 2. The molecule has 0 saturated carbocycles. The van der Waals surface area contributed by atoms with Gasteiger partial charge in [-0.05, 0) is 62.8 Å². The van der Waals surface area contributed by atoms with Gasteiger partial charge in [-0.1, -0.05) is 118 Å². The zero-order valence-electron chi connectivity index (χ0n) is 26.1. The molecule has 2 aliphatic carbocycles. The normalized spacial score (nSPS) is 25.1. The first-order valence-electron chi connectivity index (χ1n) is 14.8. The van der Waals surface area contributed by atoms with E-state index in [0.717, 1.165) is 43.0 Å². The first-order valence-corrected chi connectivity index (χ1v) is 20.2. The number of amides is 2. The van der Waals surface area contributed by atoms with Gasteiger partial charge < -0.3 is 0 Å². The topological polar surface area (TPSA) is 115 Å². The van der Waals surface area contributed by atoms with Crippen LogP contribution in [0.2, 0.25) is 0 Å². The summed E-state index contributed by atoms with van der Waals surface area (Å²) in [7, 11) is -8.36. The number of hydrogen-bond acceptors (Lipinski definition) is 6. The average Bonchev–Trinajstić information content (AvgIpc) is 3.62. The van der Waals surface area contributed by atoms with Crippen LogP contribution < -0.4 is 0 Å².